The fraction of sp³-hybridized carbons (Fsp3) is 0.812. The predicted octanol–water partition coefficient (Wildman–Crippen LogP) is 3.17. The van der Waals surface area contributed by atoms with Crippen LogP contribution < -0.4 is 5.32 Å². The van der Waals surface area contributed by atoms with Crippen molar-refractivity contribution in [1.82, 2.24) is 15.2 Å². The molecule has 1 aliphatic rings. The highest BCUT2D eigenvalue weighted by Gasteiger charge is 2.37. The Morgan fingerprint density at radius 3 is 2.75 bits per heavy atom. The second-order valence-corrected chi connectivity index (χ2v) is 7.10. The van der Waals surface area contributed by atoms with E-state index in [0.29, 0.717) is 17.5 Å². The van der Waals surface area contributed by atoms with E-state index in [1.807, 2.05) is 5.51 Å². The monoisotopic (exact) mass is 295 g/mol. The Morgan fingerprint density at radius 2 is 2.20 bits per heavy atom. The van der Waals surface area contributed by atoms with Gasteiger partial charge in [0, 0.05) is 43.0 Å². The lowest BCUT2D eigenvalue weighted by molar-refractivity contribution is 0.0512. The molecule has 114 valence electrons. The van der Waals surface area contributed by atoms with E-state index in [9.17, 15) is 0 Å². The van der Waals surface area contributed by atoms with E-state index in [1.165, 1.54) is 25.1 Å². The molecule has 0 aliphatic carbocycles. The van der Waals surface area contributed by atoms with Gasteiger partial charge in [-0.25, -0.2) is 4.98 Å². The van der Waals surface area contributed by atoms with Crippen molar-refractivity contribution >= 4 is 11.3 Å². The SMILES string of the molecule is CCC1(CC)CN(CCc2cscn2)C(C(C)C)CN1. The third-order valence-electron chi connectivity index (χ3n) is 4.92. The zero-order valence-electron chi connectivity index (χ0n) is 13.4. The number of hydrogen-bond acceptors (Lipinski definition) is 4. The molecule has 0 saturated carbocycles. The van der Waals surface area contributed by atoms with Crippen LogP contribution in [-0.4, -0.2) is 41.1 Å². The lowest BCUT2D eigenvalue weighted by Crippen LogP contribution is -2.65. The Kier molecular flexibility index (Phi) is 5.58. The van der Waals surface area contributed by atoms with Crippen LogP contribution in [0.25, 0.3) is 0 Å². The summed E-state index contributed by atoms with van der Waals surface area (Å²) in [6.45, 7) is 12.7. The Labute approximate surface area is 127 Å². The van der Waals surface area contributed by atoms with Gasteiger partial charge in [-0.3, -0.25) is 4.90 Å². The number of nitrogens with zero attached hydrogens (tertiary/aromatic N) is 2. The van der Waals surface area contributed by atoms with E-state index in [4.69, 9.17) is 0 Å². The molecule has 1 fully saturated rings. The lowest BCUT2D eigenvalue weighted by atomic mass is 9.86. The zero-order chi connectivity index (χ0) is 14.6. The van der Waals surface area contributed by atoms with E-state index in [-0.39, 0.29) is 0 Å². The van der Waals surface area contributed by atoms with Gasteiger partial charge in [0.2, 0.25) is 0 Å². The fourth-order valence-corrected chi connectivity index (χ4v) is 3.85. The molecule has 0 bridgehead atoms. The molecule has 3 nitrogen and oxygen atoms in total. The van der Waals surface area contributed by atoms with Gasteiger partial charge in [-0.05, 0) is 18.8 Å². The lowest BCUT2D eigenvalue weighted by Gasteiger charge is -2.49. The number of rotatable bonds is 6. The maximum Gasteiger partial charge on any atom is 0.0794 e. The molecule has 4 heteroatoms. The van der Waals surface area contributed by atoms with E-state index in [1.54, 1.807) is 11.3 Å². The number of piperazine rings is 1. The van der Waals surface area contributed by atoms with Crippen LogP contribution in [0.3, 0.4) is 0 Å². The maximum absolute atomic E-state index is 4.42. The summed E-state index contributed by atoms with van der Waals surface area (Å²) >= 11 is 1.70. The molecule has 2 rings (SSSR count). The quantitative estimate of drug-likeness (QED) is 0.873. The smallest absolute Gasteiger partial charge is 0.0794 e. The summed E-state index contributed by atoms with van der Waals surface area (Å²) in [5.74, 6) is 0.699. The van der Waals surface area contributed by atoms with E-state index < -0.39 is 0 Å². The number of hydrogen-bond donors (Lipinski definition) is 1. The molecule has 0 radical (unpaired) electrons. The molecular weight excluding hydrogens is 266 g/mol. The standard InChI is InChI=1S/C16H29N3S/c1-5-16(6-2)11-19(15(9-18-16)13(3)4)8-7-14-10-20-12-17-14/h10,12-13,15,18H,5-9,11H2,1-4H3. The molecule has 1 unspecified atom stereocenters. The molecule has 1 aliphatic heterocycles. The van der Waals surface area contributed by atoms with Crippen LogP contribution in [0.15, 0.2) is 10.9 Å². The van der Waals surface area contributed by atoms with Gasteiger partial charge in [-0.15, -0.1) is 11.3 Å². The van der Waals surface area contributed by atoms with Crippen LogP contribution in [0.4, 0.5) is 0 Å². The Hall–Kier alpha value is -0.450. The van der Waals surface area contributed by atoms with E-state index >= 15 is 0 Å². The molecular formula is C16H29N3S. The van der Waals surface area contributed by atoms with Gasteiger partial charge in [0.15, 0.2) is 0 Å². The van der Waals surface area contributed by atoms with Crippen molar-refractivity contribution in [3.05, 3.63) is 16.6 Å². The summed E-state index contributed by atoms with van der Waals surface area (Å²) in [5.41, 5.74) is 3.50. The van der Waals surface area contributed by atoms with Crippen molar-refractivity contribution in [2.24, 2.45) is 5.92 Å². The molecule has 0 spiro atoms. The maximum atomic E-state index is 4.42. The summed E-state index contributed by atoms with van der Waals surface area (Å²) in [4.78, 5) is 7.13. The van der Waals surface area contributed by atoms with E-state index in [0.717, 1.165) is 19.5 Å². The van der Waals surface area contributed by atoms with Crippen LogP contribution in [0, 0.1) is 5.92 Å². The van der Waals surface area contributed by atoms with Crippen molar-refractivity contribution in [3.63, 3.8) is 0 Å². The minimum absolute atomic E-state index is 0.313. The molecule has 1 aromatic heterocycles. The number of thiazole rings is 1. The van der Waals surface area contributed by atoms with Gasteiger partial charge >= 0.3 is 0 Å². The number of aromatic nitrogens is 1. The molecule has 20 heavy (non-hydrogen) atoms. The van der Waals surface area contributed by atoms with Gasteiger partial charge in [0.25, 0.3) is 0 Å². The molecule has 1 saturated heterocycles. The van der Waals surface area contributed by atoms with Crippen molar-refractivity contribution in [2.45, 2.75) is 58.5 Å². The van der Waals surface area contributed by atoms with Gasteiger partial charge < -0.3 is 5.32 Å². The third kappa shape index (κ3) is 3.60. The molecule has 1 atom stereocenters. The first-order valence-electron chi connectivity index (χ1n) is 7.96. The molecule has 1 aromatic rings. The second-order valence-electron chi connectivity index (χ2n) is 6.38. The molecule has 1 N–H and O–H groups in total. The van der Waals surface area contributed by atoms with Crippen LogP contribution >= 0.6 is 11.3 Å². The van der Waals surface area contributed by atoms with Crippen molar-refractivity contribution in [2.75, 3.05) is 19.6 Å². The van der Waals surface area contributed by atoms with Crippen molar-refractivity contribution in [3.8, 4) is 0 Å². The minimum Gasteiger partial charge on any atom is -0.308 e. The first-order chi connectivity index (χ1) is 9.60. The highest BCUT2D eigenvalue weighted by molar-refractivity contribution is 7.07. The largest absolute Gasteiger partial charge is 0.308 e. The fourth-order valence-electron chi connectivity index (χ4n) is 3.26. The van der Waals surface area contributed by atoms with Gasteiger partial charge in [-0.1, -0.05) is 27.7 Å². The first kappa shape index (κ1) is 15.9. The van der Waals surface area contributed by atoms with Crippen molar-refractivity contribution in [1.29, 1.82) is 0 Å². The van der Waals surface area contributed by atoms with Crippen LogP contribution in [-0.2, 0) is 6.42 Å². The third-order valence-corrected chi connectivity index (χ3v) is 5.56. The summed E-state index contributed by atoms with van der Waals surface area (Å²) in [5, 5.41) is 6.01. The molecule has 2 heterocycles. The van der Waals surface area contributed by atoms with Gasteiger partial charge in [0.1, 0.15) is 0 Å². The Balaban J connectivity index is 2.02. The summed E-state index contributed by atoms with van der Waals surface area (Å²) in [6, 6.07) is 0.653. The summed E-state index contributed by atoms with van der Waals surface area (Å²) < 4.78 is 0. The van der Waals surface area contributed by atoms with Gasteiger partial charge in [-0.2, -0.15) is 0 Å². The van der Waals surface area contributed by atoms with Crippen molar-refractivity contribution < 1.29 is 0 Å². The topological polar surface area (TPSA) is 28.2 Å². The van der Waals surface area contributed by atoms with Gasteiger partial charge in [0.05, 0.1) is 11.2 Å². The first-order valence-corrected chi connectivity index (χ1v) is 8.90. The molecule has 0 aromatic carbocycles. The number of nitrogens with one attached hydrogen (secondary N) is 1. The Morgan fingerprint density at radius 1 is 1.45 bits per heavy atom. The second kappa shape index (κ2) is 7.01. The van der Waals surface area contributed by atoms with Crippen LogP contribution in [0.2, 0.25) is 0 Å². The molecule has 0 amide bonds. The van der Waals surface area contributed by atoms with Crippen LogP contribution in [0.1, 0.15) is 46.2 Å². The average molecular weight is 295 g/mol. The average Bonchev–Trinajstić information content (AvgIpc) is 2.97. The summed E-state index contributed by atoms with van der Waals surface area (Å²) in [6.07, 6.45) is 3.50. The zero-order valence-corrected chi connectivity index (χ0v) is 14.2. The van der Waals surface area contributed by atoms with Crippen LogP contribution in [0.5, 0.6) is 0 Å². The van der Waals surface area contributed by atoms with E-state index in [2.05, 4.69) is 48.3 Å². The predicted molar refractivity (Wildman–Crippen MR) is 87.3 cm³/mol. The highest BCUT2D eigenvalue weighted by atomic mass is 32.1. The minimum atomic E-state index is 0.313. The normalized spacial score (nSPS) is 23.4. The Bertz CT molecular complexity index is 384. The summed E-state index contributed by atoms with van der Waals surface area (Å²) in [7, 11) is 0. The highest BCUT2D eigenvalue weighted by Crippen LogP contribution is 2.25.